The summed E-state index contributed by atoms with van der Waals surface area (Å²) >= 11 is 2.83. The van der Waals surface area contributed by atoms with Crippen molar-refractivity contribution in [2.45, 2.75) is 0 Å². The first-order valence-corrected chi connectivity index (χ1v) is 3.09. The van der Waals surface area contributed by atoms with Gasteiger partial charge in [-0.25, -0.2) is 4.99 Å². The Morgan fingerprint density at radius 2 is 2.20 bits per heavy atom. The molecule has 0 unspecified atom stereocenters. The number of hydrogen-bond acceptors (Lipinski definition) is 2. The van der Waals surface area contributed by atoms with Gasteiger partial charge in [0.1, 0.15) is 0 Å². The average Bonchev–Trinajstić information content (AvgIpc) is 1.88. The number of allylic oxidation sites excluding steroid dienone is 2. The molecule has 0 saturated carbocycles. The van der Waals surface area contributed by atoms with Gasteiger partial charge in [-0.2, -0.15) is 4.39 Å². The highest BCUT2D eigenvalue weighted by atomic mass is 79.9. The van der Waals surface area contributed by atoms with Gasteiger partial charge in [0.25, 0.3) is 0 Å². The fourth-order valence-electron chi connectivity index (χ4n) is 0.310. The molecule has 0 radical (unpaired) electrons. The minimum atomic E-state index is -0.920. The second-order valence-electron chi connectivity index (χ2n) is 1.39. The van der Waals surface area contributed by atoms with Crippen LogP contribution < -0.4 is 0 Å². The second kappa shape index (κ2) is 4.11. The zero-order valence-electron chi connectivity index (χ0n) is 5.10. The minimum absolute atomic E-state index is 0.160. The molecule has 0 fully saturated rings. The summed E-state index contributed by atoms with van der Waals surface area (Å²) in [5.41, 5.74) is -0.213. The third kappa shape index (κ3) is 2.23. The van der Waals surface area contributed by atoms with Crippen LogP contribution in [0, 0.1) is 0 Å². The first-order valence-electron chi connectivity index (χ1n) is 2.30. The van der Waals surface area contributed by atoms with Crippen molar-refractivity contribution in [3.8, 4) is 0 Å². The SMILES string of the molecule is C=N/C(F)=C(/C=O)C(=C)Br. The van der Waals surface area contributed by atoms with Crippen molar-refractivity contribution >= 4 is 28.9 Å². The molecule has 0 atom stereocenters. The van der Waals surface area contributed by atoms with Gasteiger partial charge in [0.15, 0.2) is 6.29 Å². The van der Waals surface area contributed by atoms with Crippen molar-refractivity contribution in [3.63, 3.8) is 0 Å². The van der Waals surface area contributed by atoms with E-state index >= 15 is 0 Å². The molecule has 0 aromatic carbocycles. The number of carbonyl (C=O) groups excluding carboxylic acids is 1. The fourth-order valence-corrected chi connectivity index (χ4v) is 0.567. The smallest absolute Gasteiger partial charge is 0.223 e. The van der Waals surface area contributed by atoms with Crippen LogP contribution in [0.5, 0.6) is 0 Å². The standard InChI is InChI=1S/C6H5BrFNO/c1-4(7)5(3-10)6(8)9-2/h3H,1-2H2/b6-5-. The van der Waals surface area contributed by atoms with Gasteiger partial charge in [-0.1, -0.05) is 22.5 Å². The van der Waals surface area contributed by atoms with E-state index in [-0.39, 0.29) is 10.1 Å². The molecule has 0 aromatic heterocycles. The van der Waals surface area contributed by atoms with Crippen LogP contribution in [0.15, 0.2) is 27.6 Å². The lowest BCUT2D eigenvalue weighted by Crippen LogP contribution is -1.85. The topological polar surface area (TPSA) is 29.4 Å². The number of aliphatic imine (C=N–C) groups is 1. The van der Waals surface area contributed by atoms with Gasteiger partial charge in [0.2, 0.25) is 5.95 Å². The second-order valence-corrected chi connectivity index (χ2v) is 2.34. The zero-order valence-corrected chi connectivity index (χ0v) is 6.69. The molecule has 0 N–H and O–H groups in total. The van der Waals surface area contributed by atoms with E-state index in [4.69, 9.17) is 0 Å². The summed E-state index contributed by atoms with van der Waals surface area (Å²) in [5, 5.41) is 0. The van der Waals surface area contributed by atoms with Crippen molar-refractivity contribution in [2.24, 2.45) is 4.99 Å². The van der Waals surface area contributed by atoms with E-state index < -0.39 is 5.95 Å². The van der Waals surface area contributed by atoms with Crippen molar-refractivity contribution in [1.82, 2.24) is 0 Å². The van der Waals surface area contributed by atoms with Crippen molar-refractivity contribution < 1.29 is 9.18 Å². The molecule has 10 heavy (non-hydrogen) atoms. The van der Waals surface area contributed by atoms with Crippen LogP contribution in [0.3, 0.4) is 0 Å². The number of halogens is 2. The van der Waals surface area contributed by atoms with Crippen molar-refractivity contribution in [2.75, 3.05) is 0 Å². The Morgan fingerprint density at radius 1 is 1.70 bits per heavy atom. The third-order valence-corrected chi connectivity index (χ3v) is 1.20. The van der Waals surface area contributed by atoms with Crippen LogP contribution in [-0.4, -0.2) is 13.0 Å². The van der Waals surface area contributed by atoms with Crippen LogP contribution in [0.1, 0.15) is 0 Å². The van der Waals surface area contributed by atoms with Crippen LogP contribution >= 0.6 is 15.9 Å². The molecule has 0 aromatic rings. The van der Waals surface area contributed by atoms with Crippen molar-refractivity contribution in [1.29, 1.82) is 0 Å². The summed E-state index contributed by atoms with van der Waals surface area (Å²) in [6, 6.07) is 0. The molecular weight excluding hydrogens is 201 g/mol. The average molecular weight is 206 g/mol. The maximum atomic E-state index is 12.4. The lowest BCUT2D eigenvalue weighted by molar-refractivity contribution is -0.104. The van der Waals surface area contributed by atoms with Crippen LogP contribution in [-0.2, 0) is 4.79 Å². The highest BCUT2D eigenvalue weighted by Gasteiger charge is 2.04. The summed E-state index contributed by atoms with van der Waals surface area (Å²) in [7, 11) is 0. The van der Waals surface area contributed by atoms with E-state index in [1.165, 1.54) is 0 Å². The predicted molar refractivity (Wildman–Crippen MR) is 41.8 cm³/mol. The third-order valence-electron chi connectivity index (χ3n) is 0.771. The highest BCUT2D eigenvalue weighted by Crippen LogP contribution is 2.17. The van der Waals surface area contributed by atoms with Crippen LogP contribution in [0.4, 0.5) is 4.39 Å². The maximum Gasteiger partial charge on any atom is 0.223 e. The molecule has 0 bridgehead atoms. The Morgan fingerprint density at radius 3 is 2.30 bits per heavy atom. The van der Waals surface area contributed by atoms with Crippen molar-refractivity contribution in [3.05, 3.63) is 22.6 Å². The van der Waals surface area contributed by atoms with Gasteiger partial charge in [0.05, 0.1) is 5.57 Å². The van der Waals surface area contributed by atoms with Gasteiger partial charge < -0.3 is 0 Å². The van der Waals surface area contributed by atoms with Gasteiger partial charge >= 0.3 is 0 Å². The molecule has 0 aliphatic carbocycles. The number of carbonyl (C=O) groups is 1. The molecule has 0 aliphatic rings. The summed E-state index contributed by atoms with van der Waals surface area (Å²) in [6.45, 7) is 6.20. The molecule has 2 nitrogen and oxygen atoms in total. The first kappa shape index (κ1) is 9.23. The number of nitrogens with zero attached hydrogens (tertiary/aromatic N) is 1. The van der Waals surface area contributed by atoms with Gasteiger partial charge in [-0.3, -0.25) is 4.79 Å². The normalized spacial score (nSPS) is 11.8. The Kier molecular flexibility index (Phi) is 3.79. The Labute approximate surface area is 66.3 Å². The monoisotopic (exact) mass is 205 g/mol. The predicted octanol–water partition coefficient (Wildman–Crippen LogP) is 1.98. The quantitative estimate of drug-likeness (QED) is 0.228. The number of hydrogen-bond donors (Lipinski definition) is 0. The lowest BCUT2D eigenvalue weighted by Gasteiger charge is -1.92. The maximum absolute atomic E-state index is 12.4. The minimum Gasteiger partial charge on any atom is -0.298 e. The molecule has 0 heterocycles. The summed E-state index contributed by atoms with van der Waals surface area (Å²) in [4.78, 5) is 13.0. The number of aldehydes is 1. The van der Waals surface area contributed by atoms with Crippen LogP contribution in [0.25, 0.3) is 0 Å². The van der Waals surface area contributed by atoms with E-state index in [1.807, 2.05) is 0 Å². The Bertz CT molecular complexity index is 210. The van der Waals surface area contributed by atoms with Gasteiger partial charge in [-0.15, -0.1) is 0 Å². The van der Waals surface area contributed by atoms with Crippen LogP contribution in [0.2, 0.25) is 0 Å². The van der Waals surface area contributed by atoms with Gasteiger partial charge in [0, 0.05) is 4.48 Å². The lowest BCUT2D eigenvalue weighted by atomic mass is 10.3. The molecule has 0 amide bonds. The van der Waals surface area contributed by atoms with E-state index in [0.717, 1.165) is 0 Å². The first-order chi connectivity index (χ1) is 4.63. The molecule has 54 valence electrons. The summed E-state index contributed by atoms with van der Waals surface area (Å²) in [6.07, 6.45) is 0.321. The van der Waals surface area contributed by atoms with E-state index in [1.54, 1.807) is 0 Å². The molecule has 0 spiro atoms. The molecule has 0 saturated heterocycles. The van der Waals surface area contributed by atoms with E-state index in [0.29, 0.717) is 6.29 Å². The Hall–Kier alpha value is -0.770. The molecule has 0 rings (SSSR count). The highest BCUT2D eigenvalue weighted by molar-refractivity contribution is 9.12. The van der Waals surface area contributed by atoms with E-state index in [2.05, 4.69) is 34.2 Å². The molecule has 4 heteroatoms. The fraction of sp³-hybridized carbons (Fsp3) is 0. The zero-order chi connectivity index (χ0) is 8.15. The van der Waals surface area contributed by atoms with Gasteiger partial charge in [-0.05, 0) is 6.72 Å². The summed E-state index contributed by atoms with van der Waals surface area (Å²) in [5.74, 6) is -0.920. The number of rotatable bonds is 3. The largest absolute Gasteiger partial charge is 0.298 e. The Balaban J connectivity index is 4.79. The summed E-state index contributed by atoms with van der Waals surface area (Å²) < 4.78 is 12.5. The molecular formula is C6H5BrFNO. The van der Waals surface area contributed by atoms with E-state index in [9.17, 15) is 9.18 Å². The molecule has 0 aliphatic heterocycles.